The lowest BCUT2D eigenvalue weighted by Crippen LogP contribution is -2.44. The van der Waals surface area contributed by atoms with Crippen molar-refractivity contribution in [2.45, 2.75) is 27.7 Å². The number of aryl methyl sites for hydroxylation is 2. The molecule has 2 rings (SSSR count). The predicted octanol–water partition coefficient (Wildman–Crippen LogP) is 3.18. The third-order valence-corrected chi connectivity index (χ3v) is 3.71. The number of carbonyl (C=O) groups excluding carboxylic acids is 2. The molecule has 2 aromatic rings. The van der Waals surface area contributed by atoms with Gasteiger partial charge in [-0.1, -0.05) is 43.7 Å². The smallest absolute Gasteiger partial charge is 0.276 e. The van der Waals surface area contributed by atoms with Gasteiger partial charge in [0.15, 0.2) is 6.61 Å². The van der Waals surface area contributed by atoms with Crippen LogP contribution in [-0.2, 0) is 4.79 Å². The molecule has 0 atom stereocenters. The minimum absolute atomic E-state index is 0.199. The first-order chi connectivity index (χ1) is 12.9. The molecule has 0 aliphatic rings. The van der Waals surface area contributed by atoms with E-state index in [-0.39, 0.29) is 6.61 Å². The second-order valence-electron chi connectivity index (χ2n) is 6.76. The third-order valence-electron chi connectivity index (χ3n) is 3.71. The summed E-state index contributed by atoms with van der Waals surface area (Å²) in [7, 11) is 0. The molecule has 0 bridgehead atoms. The Kier molecular flexibility index (Phi) is 7.23. The maximum Gasteiger partial charge on any atom is 0.276 e. The van der Waals surface area contributed by atoms with Gasteiger partial charge in [0.25, 0.3) is 11.8 Å². The number of ether oxygens (including phenoxy) is 2. The van der Waals surface area contributed by atoms with Crippen LogP contribution in [-0.4, -0.2) is 25.0 Å². The molecule has 0 heterocycles. The predicted molar refractivity (Wildman–Crippen MR) is 104 cm³/mol. The highest BCUT2D eigenvalue weighted by molar-refractivity contribution is 5.97. The molecule has 0 aliphatic heterocycles. The molecule has 0 saturated heterocycles. The molecule has 2 N–H and O–H groups in total. The lowest BCUT2D eigenvalue weighted by Gasteiger charge is -2.14. The van der Waals surface area contributed by atoms with Gasteiger partial charge in [-0.3, -0.25) is 20.4 Å². The lowest BCUT2D eigenvalue weighted by atomic mass is 10.1. The van der Waals surface area contributed by atoms with Crippen LogP contribution in [0.1, 0.15) is 35.3 Å². The number of rotatable bonds is 7. The molecule has 6 heteroatoms. The Morgan fingerprint density at radius 2 is 1.70 bits per heavy atom. The molecule has 0 aliphatic carbocycles. The van der Waals surface area contributed by atoms with Gasteiger partial charge in [-0.2, -0.15) is 0 Å². The number of carbonyl (C=O) groups is 2. The minimum Gasteiger partial charge on any atom is -0.492 e. The van der Waals surface area contributed by atoms with Crippen LogP contribution in [0.15, 0.2) is 42.5 Å². The summed E-state index contributed by atoms with van der Waals surface area (Å²) in [4.78, 5) is 24.3. The number of amides is 2. The van der Waals surface area contributed by atoms with Gasteiger partial charge in [0.1, 0.15) is 11.5 Å². The van der Waals surface area contributed by atoms with E-state index < -0.39 is 11.8 Å². The first kappa shape index (κ1) is 20.3. The highest BCUT2D eigenvalue weighted by Crippen LogP contribution is 2.19. The van der Waals surface area contributed by atoms with Crippen molar-refractivity contribution in [1.82, 2.24) is 10.9 Å². The fourth-order valence-electron chi connectivity index (χ4n) is 2.37. The van der Waals surface area contributed by atoms with Gasteiger partial charge in [-0.15, -0.1) is 0 Å². The largest absolute Gasteiger partial charge is 0.492 e. The first-order valence-corrected chi connectivity index (χ1v) is 8.88. The van der Waals surface area contributed by atoms with E-state index in [1.807, 2.05) is 45.9 Å². The van der Waals surface area contributed by atoms with E-state index in [9.17, 15) is 9.59 Å². The van der Waals surface area contributed by atoms with E-state index in [0.29, 0.717) is 29.6 Å². The van der Waals surface area contributed by atoms with Gasteiger partial charge in [0, 0.05) is 0 Å². The number of hydrogen-bond acceptors (Lipinski definition) is 4. The van der Waals surface area contributed by atoms with Crippen molar-refractivity contribution in [3.05, 3.63) is 59.2 Å². The Morgan fingerprint density at radius 3 is 2.41 bits per heavy atom. The van der Waals surface area contributed by atoms with E-state index in [4.69, 9.17) is 9.47 Å². The highest BCUT2D eigenvalue weighted by atomic mass is 16.5. The summed E-state index contributed by atoms with van der Waals surface area (Å²) in [5.41, 5.74) is 7.17. The van der Waals surface area contributed by atoms with Crippen molar-refractivity contribution in [2.75, 3.05) is 13.2 Å². The fourth-order valence-corrected chi connectivity index (χ4v) is 2.37. The molecule has 27 heavy (non-hydrogen) atoms. The number of nitrogens with one attached hydrogen (secondary N) is 2. The van der Waals surface area contributed by atoms with Crippen molar-refractivity contribution in [1.29, 1.82) is 0 Å². The second-order valence-corrected chi connectivity index (χ2v) is 6.76. The summed E-state index contributed by atoms with van der Waals surface area (Å²) in [6, 6.07) is 12.6. The normalized spacial score (nSPS) is 10.4. The average molecular weight is 370 g/mol. The Hall–Kier alpha value is -3.02. The maximum atomic E-state index is 12.3. The van der Waals surface area contributed by atoms with Gasteiger partial charge in [0.2, 0.25) is 0 Å². The van der Waals surface area contributed by atoms with Crippen molar-refractivity contribution >= 4 is 11.8 Å². The van der Waals surface area contributed by atoms with E-state index in [1.165, 1.54) is 0 Å². The van der Waals surface area contributed by atoms with E-state index in [1.54, 1.807) is 24.3 Å². The molecule has 2 aromatic carbocycles. The summed E-state index contributed by atoms with van der Waals surface area (Å²) >= 11 is 0. The Morgan fingerprint density at radius 1 is 0.963 bits per heavy atom. The van der Waals surface area contributed by atoms with Crippen LogP contribution in [0.25, 0.3) is 0 Å². The molecule has 144 valence electrons. The summed E-state index contributed by atoms with van der Waals surface area (Å²) in [6.45, 7) is 8.26. The van der Waals surface area contributed by atoms with Gasteiger partial charge in [-0.05, 0) is 43.5 Å². The van der Waals surface area contributed by atoms with Crippen molar-refractivity contribution in [3.8, 4) is 11.5 Å². The van der Waals surface area contributed by atoms with Crippen LogP contribution < -0.4 is 20.3 Å². The molecule has 0 fully saturated rings. The topological polar surface area (TPSA) is 76.7 Å². The zero-order valence-corrected chi connectivity index (χ0v) is 16.2. The zero-order valence-electron chi connectivity index (χ0n) is 16.2. The van der Waals surface area contributed by atoms with E-state index >= 15 is 0 Å². The highest BCUT2D eigenvalue weighted by Gasteiger charge is 2.13. The Balaban J connectivity index is 1.87. The maximum absolute atomic E-state index is 12.3. The SMILES string of the molecule is Cc1ccc(OCC(=O)NNC(=O)c2ccccc2OCC(C)C)c(C)c1. The van der Waals surface area contributed by atoms with Crippen LogP contribution in [0.2, 0.25) is 0 Å². The monoisotopic (exact) mass is 370 g/mol. The zero-order chi connectivity index (χ0) is 19.8. The van der Waals surface area contributed by atoms with Gasteiger partial charge in [-0.25, -0.2) is 0 Å². The third kappa shape index (κ3) is 6.33. The van der Waals surface area contributed by atoms with Gasteiger partial charge < -0.3 is 9.47 Å². The Bertz CT molecular complexity index is 803. The van der Waals surface area contributed by atoms with Gasteiger partial charge >= 0.3 is 0 Å². The molecule has 0 saturated carbocycles. The number of hydrazine groups is 1. The summed E-state index contributed by atoms with van der Waals surface area (Å²) < 4.78 is 11.1. The Labute approximate surface area is 159 Å². The molecule has 6 nitrogen and oxygen atoms in total. The summed E-state index contributed by atoms with van der Waals surface area (Å²) in [5, 5.41) is 0. The van der Waals surface area contributed by atoms with Crippen LogP contribution in [0.4, 0.5) is 0 Å². The fraction of sp³-hybridized carbons (Fsp3) is 0.333. The molecule has 0 spiro atoms. The van der Waals surface area contributed by atoms with Crippen molar-refractivity contribution < 1.29 is 19.1 Å². The average Bonchev–Trinajstić information content (AvgIpc) is 2.64. The lowest BCUT2D eigenvalue weighted by molar-refractivity contribution is -0.123. The first-order valence-electron chi connectivity index (χ1n) is 8.88. The van der Waals surface area contributed by atoms with Crippen LogP contribution in [0, 0.1) is 19.8 Å². The standard InChI is InChI=1S/C21H26N2O4/c1-14(2)12-26-19-8-6-5-7-17(19)21(25)23-22-20(24)13-27-18-10-9-15(3)11-16(18)4/h5-11,14H,12-13H2,1-4H3,(H,22,24)(H,23,25). The molecule has 0 radical (unpaired) electrons. The number of benzene rings is 2. The van der Waals surface area contributed by atoms with E-state index in [0.717, 1.165) is 11.1 Å². The molecular weight excluding hydrogens is 344 g/mol. The minimum atomic E-state index is -0.455. The molecule has 0 aromatic heterocycles. The van der Waals surface area contributed by atoms with E-state index in [2.05, 4.69) is 10.9 Å². The van der Waals surface area contributed by atoms with Crippen molar-refractivity contribution in [3.63, 3.8) is 0 Å². The quantitative estimate of drug-likeness (QED) is 0.734. The molecular formula is C21H26N2O4. The number of hydrogen-bond donors (Lipinski definition) is 2. The van der Waals surface area contributed by atoms with Crippen LogP contribution in [0.3, 0.4) is 0 Å². The molecule has 2 amide bonds. The summed E-state index contributed by atoms with van der Waals surface area (Å²) in [6.07, 6.45) is 0. The van der Waals surface area contributed by atoms with Gasteiger partial charge in [0.05, 0.1) is 12.2 Å². The number of para-hydroxylation sites is 1. The summed E-state index contributed by atoms with van der Waals surface area (Å²) in [5.74, 6) is 0.542. The second kappa shape index (κ2) is 9.62. The van der Waals surface area contributed by atoms with Crippen molar-refractivity contribution in [2.24, 2.45) is 5.92 Å². The molecule has 0 unspecified atom stereocenters. The van der Waals surface area contributed by atoms with Crippen LogP contribution >= 0.6 is 0 Å². The van der Waals surface area contributed by atoms with Crippen LogP contribution in [0.5, 0.6) is 11.5 Å².